The second-order valence-electron chi connectivity index (χ2n) is 2.30. The average molecular weight is 223 g/mol. The van der Waals surface area contributed by atoms with Gasteiger partial charge in [0, 0.05) is 0 Å². The van der Waals surface area contributed by atoms with Crippen LogP contribution in [0.3, 0.4) is 0 Å². The highest BCUT2D eigenvalue weighted by Gasteiger charge is 2.15. The molecule has 0 radical (unpaired) electrons. The van der Waals surface area contributed by atoms with E-state index >= 15 is 0 Å². The van der Waals surface area contributed by atoms with Crippen LogP contribution in [0.2, 0.25) is 5.02 Å². The predicted molar refractivity (Wildman–Crippen MR) is 45.0 cm³/mol. The van der Waals surface area contributed by atoms with E-state index in [9.17, 15) is 13.6 Å². The van der Waals surface area contributed by atoms with Gasteiger partial charge in [-0.3, -0.25) is 0 Å². The summed E-state index contributed by atoms with van der Waals surface area (Å²) >= 11 is 5.51. The molecule has 0 bridgehead atoms. The molecule has 6 heteroatoms. The third-order valence-corrected chi connectivity index (χ3v) is 1.80. The number of carbonyl (C=O) groups is 1. The molecule has 0 heterocycles. The molecule has 0 amide bonds. The summed E-state index contributed by atoms with van der Waals surface area (Å²) in [5.41, 5.74) is -0.273. The molecule has 0 aromatic heterocycles. The second kappa shape index (κ2) is 4.23. The molecule has 0 spiro atoms. The molecule has 0 saturated heterocycles. The van der Waals surface area contributed by atoms with E-state index in [1.165, 1.54) is 18.2 Å². The summed E-state index contributed by atoms with van der Waals surface area (Å²) in [5, 5.41) is 8.26. The van der Waals surface area contributed by atoms with Crippen molar-refractivity contribution in [3.05, 3.63) is 28.8 Å². The first-order chi connectivity index (χ1) is 6.52. The Morgan fingerprint density at radius 1 is 1.50 bits per heavy atom. The first-order valence-corrected chi connectivity index (χ1v) is 3.86. The van der Waals surface area contributed by atoms with Crippen molar-refractivity contribution in [1.29, 1.82) is 0 Å². The molecule has 0 saturated carbocycles. The molecule has 76 valence electrons. The molecule has 0 unspecified atom stereocenters. The van der Waals surface area contributed by atoms with Crippen LogP contribution in [0.4, 0.5) is 8.78 Å². The van der Waals surface area contributed by atoms with Crippen LogP contribution in [0.1, 0.15) is 10.4 Å². The summed E-state index contributed by atoms with van der Waals surface area (Å²) in [5.74, 6) is -1.64. The molecule has 0 aliphatic rings. The van der Waals surface area contributed by atoms with Crippen LogP contribution in [0.15, 0.2) is 18.2 Å². The van der Waals surface area contributed by atoms with E-state index in [1.807, 2.05) is 0 Å². The minimum atomic E-state index is -3.03. The minimum Gasteiger partial charge on any atom is -0.478 e. The lowest BCUT2D eigenvalue weighted by Crippen LogP contribution is -2.05. The molecular weight excluding hydrogens is 218 g/mol. The summed E-state index contributed by atoms with van der Waals surface area (Å²) in [4.78, 5) is 10.5. The van der Waals surface area contributed by atoms with Gasteiger partial charge in [0.1, 0.15) is 5.75 Å². The molecule has 0 aliphatic heterocycles. The highest BCUT2D eigenvalue weighted by molar-refractivity contribution is 6.34. The van der Waals surface area contributed by atoms with Gasteiger partial charge in [-0.15, -0.1) is 0 Å². The molecule has 1 N–H and O–H groups in total. The fourth-order valence-corrected chi connectivity index (χ4v) is 1.11. The summed E-state index contributed by atoms with van der Waals surface area (Å²) < 4.78 is 27.6. The molecule has 0 atom stereocenters. The number of carboxylic acids is 1. The zero-order valence-corrected chi connectivity index (χ0v) is 7.46. The summed E-state index contributed by atoms with van der Waals surface area (Å²) in [6.07, 6.45) is 0. The summed E-state index contributed by atoms with van der Waals surface area (Å²) in [6, 6.07) is 3.64. The Labute approximate surface area is 82.9 Å². The molecule has 1 rings (SSSR count). The standard InChI is InChI=1S/C8H5ClF2O3/c9-6-4(7(12)13)2-1-3-5(6)14-8(10)11/h1-3,8H,(H,12,13). The molecule has 3 nitrogen and oxygen atoms in total. The van der Waals surface area contributed by atoms with E-state index in [2.05, 4.69) is 4.74 Å². The molecule has 14 heavy (non-hydrogen) atoms. The van der Waals surface area contributed by atoms with Crippen molar-refractivity contribution in [1.82, 2.24) is 0 Å². The van der Waals surface area contributed by atoms with Gasteiger partial charge in [0.05, 0.1) is 10.6 Å². The van der Waals surface area contributed by atoms with Crippen LogP contribution in [0, 0.1) is 0 Å². The number of aromatic carboxylic acids is 1. The molecule has 1 aromatic carbocycles. The summed E-state index contributed by atoms with van der Waals surface area (Å²) in [7, 11) is 0. The molecular formula is C8H5ClF2O3. The Hall–Kier alpha value is -1.36. The van der Waals surface area contributed by atoms with Gasteiger partial charge in [-0.1, -0.05) is 17.7 Å². The molecule has 0 fully saturated rings. The normalized spacial score (nSPS) is 10.3. The zero-order chi connectivity index (χ0) is 10.7. The van der Waals surface area contributed by atoms with Crippen LogP contribution in [0.25, 0.3) is 0 Å². The Morgan fingerprint density at radius 2 is 2.14 bits per heavy atom. The summed E-state index contributed by atoms with van der Waals surface area (Å²) in [6.45, 7) is -3.03. The number of rotatable bonds is 3. The van der Waals surface area contributed by atoms with Crippen molar-refractivity contribution in [2.24, 2.45) is 0 Å². The number of hydrogen-bond donors (Lipinski definition) is 1. The van der Waals surface area contributed by atoms with Gasteiger partial charge < -0.3 is 9.84 Å². The van der Waals surface area contributed by atoms with Gasteiger partial charge in [0.2, 0.25) is 0 Å². The van der Waals surface area contributed by atoms with Crippen LogP contribution in [-0.4, -0.2) is 17.7 Å². The van der Waals surface area contributed by atoms with Crippen molar-refractivity contribution in [2.45, 2.75) is 6.61 Å². The lowest BCUT2D eigenvalue weighted by Gasteiger charge is -2.07. The minimum absolute atomic E-state index is 0.273. The fourth-order valence-electron chi connectivity index (χ4n) is 0.863. The topological polar surface area (TPSA) is 46.5 Å². The number of ether oxygens (including phenoxy) is 1. The zero-order valence-electron chi connectivity index (χ0n) is 6.71. The van der Waals surface area contributed by atoms with Crippen LogP contribution >= 0.6 is 11.6 Å². The maximum Gasteiger partial charge on any atom is 0.387 e. The van der Waals surface area contributed by atoms with Crippen molar-refractivity contribution in [3.63, 3.8) is 0 Å². The average Bonchev–Trinajstić information content (AvgIpc) is 2.07. The Bertz CT molecular complexity index is 354. The van der Waals surface area contributed by atoms with Crippen LogP contribution in [0.5, 0.6) is 5.75 Å². The third-order valence-electron chi connectivity index (χ3n) is 1.41. The van der Waals surface area contributed by atoms with Gasteiger partial charge in [-0.2, -0.15) is 8.78 Å². The third kappa shape index (κ3) is 2.32. The maximum atomic E-state index is 11.8. The van der Waals surface area contributed by atoms with Gasteiger partial charge in [-0.25, -0.2) is 4.79 Å². The number of benzene rings is 1. The van der Waals surface area contributed by atoms with E-state index < -0.39 is 12.6 Å². The molecule has 0 aliphatic carbocycles. The lowest BCUT2D eigenvalue weighted by atomic mass is 10.2. The van der Waals surface area contributed by atoms with E-state index in [1.54, 1.807) is 0 Å². The molecule has 1 aromatic rings. The van der Waals surface area contributed by atoms with Gasteiger partial charge in [0.25, 0.3) is 0 Å². The van der Waals surface area contributed by atoms with Crippen molar-refractivity contribution in [2.75, 3.05) is 0 Å². The van der Waals surface area contributed by atoms with E-state index in [0.29, 0.717) is 0 Å². The smallest absolute Gasteiger partial charge is 0.387 e. The Morgan fingerprint density at radius 3 is 2.64 bits per heavy atom. The van der Waals surface area contributed by atoms with Crippen molar-refractivity contribution < 1.29 is 23.4 Å². The largest absolute Gasteiger partial charge is 0.478 e. The van der Waals surface area contributed by atoms with Gasteiger partial charge in [-0.05, 0) is 12.1 Å². The highest BCUT2D eigenvalue weighted by Crippen LogP contribution is 2.29. The Balaban J connectivity index is 3.07. The predicted octanol–water partition coefficient (Wildman–Crippen LogP) is 2.64. The first-order valence-electron chi connectivity index (χ1n) is 3.49. The SMILES string of the molecule is O=C(O)c1cccc(OC(F)F)c1Cl. The van der Waals surface area contributed by atoms with E-state index in [4.69, 9.17) is 16.7 Å². The van der Waals surface area contributed by atoms with E-state index in [0.717, 1.165) is 0 Å². The number of halogens is 3. The van der Waals surface area contributed by atoms with Crippen molar-refractivity contribution in [3.8, 4) is 5.75 Å². The van der Waals surface area contributed by atoms with Gasteiger partial charge >= 0.3 is 12.6 Å². The monoisotopic (exact) mass is 222 g/mol. The number of carboxylic acid groups (broad SMARTS) is 1. The Kier molecular flexibility index (Phi) is 3.24. The van der Waals surface area contributed by atoms with E-state index in [-0.39, 0.29) is 16.3 Å². The highest BCUT2D eigenvalue weighted by atomic mass is 35.5. The maximum absolute atomic E-state index is 11.8. The number of alkyl halides is 2. The van der Waals surface area contributed by atoms with Crippen molar-refractivity contribution >= 4 is 17.6 Å². The first kappa shape index (κ1) is 10.7. The second-order valence-corrected chi connectivity index (χ2v) is 2.68. The quantitative estimate of drug-likeness (QED) is 0.855. The van der Waals surface area contributed by atoms with Crippen LogP contribution in [-0.2, 0) is 0 Å². The fraction of sp³-hybridized carbons (Fsp3) is 0.125. The van der Waals surface area contributed by atoms with Gasteiger partial charge in [0.15, 0.2) is 0 Å². The number of hydrogen-bond acceptors (Lipinski definition) is 2. The lowest BCUT2D eigenvalue weighted by molar-refractivity contribution is -0.0498. The van der Waals surface area contributed by atoms with Crippen LogP contribution < -0.4 is 4.74 Å².